The van der Waals surface area contributed by atoms with Crippen LogP contribution in [0, 0.1) is 0 Å². The van der Waals surface area contributed by atoms with Crippen molar-refractivity contribution in [2.75, 3.05) is 0 Å². The molecule has 0 aliphatic rings. The zero-order chi connectivity index (χ0) is 13.9. The predicted octanol–water partition coefficient (Wildman–Crippen LogP) is 3.45. The van der Waals surface area contributed by atoms with Crippen LogP contribution in [0.2, 0.25) is 0 Å². The summed E-state index contributed by atoms with van der Waals surface area (Å²) in [5, 5.41) is 10.4. The zero-order valence-electron chi connectivity index (χ0n) is 10.4. The molecule has 1 heterocycles. The highest BCUT2D eigenvalue weighted by Crippen LogP contribution is 2.27. The van der Waals surface area contributed by atoms with E-state index in [1.54, 1.807) is 48.5 Å². The van der Waals surface area contributed by atoms with Crippen LogP contribution < -0.4 is 9.47 Å². The van der Waals surface area contributed by atoms with E-state index < -0.39 is 6.16 Å². The van der Waals surface area contributed by atoms with Crippen LogP contribution >= 0.6 is 0 Å². The van der Waals surface area contributed by atoms with Gasteiger partial charge in [-0.1, -0.05) is 30.3 Å². The van der Waals surface area contributed by atoms with E-state index in [2.05, 4.69) is 4.98 Å². The number of phenolic OH excluding ortho intramolecular Hbond substituents is 1. The molecule has 2 N–H and O–H groups in total. The highest BCUT2D eigenvalue weighted by molar-refractivity contribution is 5.87. The lowest BCUT2D eigenvalue weighted by molar-refractivity contribution is 0.150. The molecular weight excluding hydrogens is 258 g/mol. The van der Waals surface area contributed by atoms with Crippen molar-refractivity contribution in [3.8, 4) is 17.4 Å². The molecule has 0 spiro atoms. The number of H-pyrrole nitrogens is 1. The lowest BCUT2D eigenvalue weighted by atomic mass is 10.2. The van der Waals surface area contributed by atoms with Crippen LogP contribution in [0.4, 0.5) is 4.79 Å². The number of aromatic hydroxyl groups is 1. The quantitative estimate of drug-likeness (QED) is 0.552. The monoisotopic (exact) mass is 269 g/mol. The second-order valence-corrected chi connectivity index (χ2v) is 4.14. The third-order valence-corrected chi connectivity index (χ3v) is 2.75. The summed E-state index contributed by atoms with van der Waals surface area (Å²) in [6.07, 6.45) is -0.845. The Hall–Kier alpha value is -2.95. The summed E-state index contributed by atoms with van der Waals surface area (Å²) in [6, 6.07) is 15.3. The number of phenols is 1. The third kappa shape index (κ3) is 2.42. The van der Waals surface area contributed by atoms with Crippen molar-refractivity contribution in [2.45, 2.75) is 0 Å². The van der Waals surface area contributed by atoms with E-state index in [1.165, 1.54) is 0 Å². The lowest BCUT2D eigenvalue weighted by Crippen LogP contribution is -2.13. The van der Waals surface area contributed by atoms with Gasteiger partial charge in [0.15, 0.2) is 0 Å². The number of para-hydroxylation sites is 2. The average molecular weight is 269 g/mol. The van der Waals surface area contributed by atoms with Gasteiger partial charge in [0.05, 0.1) is 5.52 Å². The van der Waals surface area contributed by atoms with Gasteiger partial charge in [-0.25, -0.2) is 4.79 Å². The number of carbonyl (C=O) groups excluding carboxylic acids is 1. The van der Waals surface area contributed by atoms with Crippen molar-refractivity contribution in [3.05, 3.63) is 54.6 Å². The molecule has 3 aromatic rings. The number of benzene rings is 2. The van der Waals surface area contributed by atoms with Crippen molar-refractivity contribution in [1.82, 2.24) is 4.98 Å². The Morgan fingerprint density at radius 1 is 1.00 bits per heavy atom. The molecule has 0 amide bonds. The maximum absolute atomic E-state index is 11.6. The molecule has 0 aliphatic carbocycles. The Morgan fingerprint density at radius 2 is 1.80 bits per heavy atom. The number of hydrogen-bond acceptors (Lipinski definition) is 4. The highest BCUT2D eigenvalue weighted by atomic mass is 16.7. The summed E-state index contributed by atoms with van der Waals surface area (Å²) >= 11 is 0. The van der Waals surface area contributed by atoms with Gasteiger partial charge in [0.2, 0.25) is 5.88 Å². The second-order valence-electron chi connectivity index (χ2n) is 4.14. The van der Waals surface area contributed by atoms with Crippen molar-refractivity contribution < 1.29 is 19.4 Å². The van der Waals surface area contributed by atoms with Crippen LogP contribution in [0.25, 0.3) is 10.9 Å². The summed E-state index contributed by atoms with van der Waals surface area (Å²) < 4.78 is 10.0. The number of rotatable bonds is 2. The SMILES string of the molecule is O=C(Oc1ccccc1)Oc1cc2cccc(O)c2[nH]1. The maximum Gasteiger partial charge on any atom is 0.520 e. The highest BCUT2D eigenvalue weighted by Gasteiger charge is 2.11. The first-order valence-corrected chi connectivity index (χ1v) is 5.98. The molecule has 2 aromatic carbocycles. The summed E-state index contributed by atoms with van der Waals surface area (Å²) in [5.41, 5.74) is 0.509. The Morgan fingerprint density at radius 3 is 2.55 bits per heavy atom. The number of fused-ring (bicyclic) bond motifs is 1. The number of nitrogens with one attached hydrogen (secondary N) is 1. The van der Waals surface area contributed by atoms with E-state index in [9.17, 15) is 9.90 Å². The first-order valence-electron chi connectivity index (χ1n) is 5.98. The number of ether oxygens (including phenoxy) is 2. The van der Waals surface area contributed by atoms with Gasteiger partial charge in [-0.05, 0) is 18.2 Å². The minimum absolute atomic E-state index is 0.0915. The molecule has 0 saturated carbocycles. The minimum Gasteiger partial charge on any atom is -0.506 e. The summed E-state index contributed by atoms with van der Waals surface area (Å²) in [7, 11) is 0. The topological polar surface area (TPSA) is 71.6 Å². The fourth-order valence-electron chi connectivity index (χ4n) is 1.86. The molecule has 5 nitrogen and oxygen atoms in total. The Bertz CT molecular complexity index is 749. The lowest BCUT2D eigenvalue weighted by Gasteiger charge is -2.03. The molecule has 20 heavy (non-hydrogen) atoms. The largest absolute Gasteiger partial charge is 0.520 e. The van der Waals surface area contributed by atoms with Gasteiger partial charge >= 0.3 is 6.16 Å². The van der Waals surface area contributed by atoms with Crippen LogP contribution in [0.3, 0.4) is 0 Å². The van der Waals surface area contributed by atoms with Crippen LogP contribution in [-0.4, -0.2) is 16.2 Å². The first kappa shape index (κ1) is 12.1. The second kappa shape index (κ2) is 4.97. The molecule has 0 fully saturated rings. The van der Waals surface area contributed by atoms with Crippen molar-refractivity contribution in [2.24, 2.45) is 0 Å². The first-order chi connectivity index (χ1) is 9.72. The molecule has 0 bridgehead atoms. The van der Waals surface area contributed by atoms with Crippen molar-refractivity contribution >= 4 is 17.1 Å². The molecule has 3 rings (SSSR count). The van der Waals surface area contributed by atoms with Crippen LogP contribution in [0.1, 0.15) is 0 Å². The molecule has 0 aliphatic heterocycles. The summed E-state index contributed by atoms with van der Waals surface area (Å²) in [4.78, 5) is 14.4. The average Bonchev–Trinajstić information content (AvgIpc) is 2.83. The molecule has 0 radical (unpaired) electrons. The molecule has 100 valence electrons. The molecule has 1 aromatic heterocycles. The van der Waals surface area contributed by atoms with Gasteiger partial charge in [-0.15, -0.1) is 0 Å². The van der Waals surface area contributed by atoms with Gasteiger partial charge in [0.25, 0.3) is 0 Å². The van der Waals surface area contributed by atoms with E-state index in [4.69, 9.17) is 9.47 Å². The van der Waals surface area contributed by atoms with Gasteiger partial charge in [-0.2, -0.15) is 0 Å². The molecular formula is C15H11NO4. The van der Waals surface area contributed by atoms with Gasteiger partial charge in [0, 0.05) is 11.5 Å². The Balaban J connectivity index is 1.76. The molecule has 0 saturated heterocycles. The fraction of sp³-hybridized carbons (Fsp3) is 0. The van der Waals surface area contributed by atoms with Gasteiger partial charge in [0.1, 0.15) is 11.5 Å². The number of hydrogen-bond donors (Lipinski definition) is 2. The summed E-state index contributed by atoms with van der Waals surface area (Å²) in [5.74, 6) is 0.702. The van der Waals surface area contributed by atoms with E-state index in [1.807, 2.05) is 6.07 Å². The third-order valence-electron chi connectivity index (χ3n) is 2.75. The van der Waals surface area contributed by atoms with E-state index in [-0.39, 0.29) is 11.6 Å². The van der Waals surface area contributed by atoms with Crippen molar-refractivity contribution in [3.63, 3.8) is 0 Å². The number of aromatic amines is 1. The predicted molar refractivity (Wildman–Crippen MR) is 73.1 cm³/mol. The molecule has 0 atom stereocenters. The minimum atomic E-state index is -0.845. The molecule has 5 heteroatoms. The number of carbonyl (C=O) groups is 1. The summed E-state index contributed by atoms with van der Waals surface area (Å²) in [6.45, 7) is 0. The number of aromatic nitrogens is 1. The Labute approximate surface area is 114 Å². The van der Waals surface area contributed by atoms with Gasteiger partial charge < -0.3 is 19.6 Å². The smallest absolute Gasteiger partial charge is 0.506 e. The van der Waals surface area contributed by atoms with Crippen LogP contribution in [-0.2, 0) is 0 Å². The Kier molecular flexibility index (Phi) is 3.01. The standard InChI is InChI=1S/C15H11NO4/c17-12-8-4-5-10-9-13(16-14(10)12)20-15(18)19-11-6-2-1-3-7-11/h1-9,16-17H. The van der Waals surface area contributed by atoms with Crippen LogP contribution in [0.15, 0.2) is 54.6 Å². The van der Waals surface area contributed by atoms with Crippen LogP contribution in [0.5, 0.6) is 17.4 Å². The van der Waals surface area contributed by atoms with Crippen molar-refractivity contribution in [1.29, 1.82) is 0 Å². The zero-order valence-corrected chi connectivity index (χ0v) is 10.4. The fourth-order valence-corrected chi connectivity index (χ4v) is 1.86. The van der Waals surface area contributed by atoms with Gasteiger partial charge in [-0.3, -0.25) is 0 Å². The van der Waals surface area contributed by atoms with E-state index in [0.29, 0.717) is 11.3 Å². The maximum atomic E-state index is 11.6. The normalized spacial score (nSPS) is 10.4. The molecule has 0 unspecified atom stereocenters. The van der Waals surface area contributed by atoms with E-state index >= 15 is 0 Å². The van der Waals surface area contributed by atoms with E-state index in [0.717, 1.165) is 5.39 Å².